The molecule has 0 unspecified atom stereocenters. The van der Waals surface area contributed by atoms with E-state index in [0.29, 0.717) is 28.0 Å². The van der Waals surface area contributed by atoms with Gasteiger partial charge in [0.1, 0.15) is 5.75 Å². The highest BCUT2D eigenvalue weighted by Crippen LogP contribution is 2.30. The number of anilines is 1. The van der Waals surface area contributed by atoms with Crippen LogP contribution in [0.5, 0.6) is 5.75 Å². The molecule has 0 saturated heterocycles. The number of hydrogen-bond donors (Lipinski definition) is 1. The first-order valence-corrected chi connectivity index (χ1v) is 9.05. The lowest BCUT2D eigenvalue weighted by atomic mass is 10.2. The molecule has 0 radical (unpaired) electrons. The molecule has 4 aromatic rings. The van der Waals surface area contributed by atoms with Gasteiger partial charge in [0.2, 0.25) is 5.82 Å². The summed E-state index contributed by atoms with van der Waals surface area (Å²) in [6, 6.07) is 18.4. The van der Waals surface area contributed by atoms with Gasteiger partial charge in [0.05, 0.1) is 17.6 Å². The van der Waals surface area contributed by atoms with Crippen LogP contribution in [0.2, 0.25) is 0 Å². The third-order valence-corrected chi connectivity index (χ3v) is 4.78. The fourth-order valence-electron chi connectivity index (χ4n) is 2.57. The summed E-state index contributed by atoms with van der Waals surface area (Å²) < 4.78 is 10.7. The lowest BCUT2D eigenvalue weighted by Crippen LogP contribution is -2.09. The van der Waals surface area contributed by atoms with Crippen molar-refractivity contribution in [2.24, 2.45) is 0 Å². The second-order valence-electron chi connectivity index (χ2n) is 5.63. The number of amides is 1. The van der Waals surface area contributed by atoms with Gasteiger partial charge in [-0.3, -0.25) is 4.79 Å². The van der Waals surface area contributed by atoms with E-state index in [2.05, 4.69) is 15.5 Å². The monoisotopic (exact) mass is 377 g/mol. The van der Waals surface area contributed by atoms with E-state index in [1.54, 1.807) is 25.3 Å². The highest BCUT2D eigenvalue weighted by molar-refractivity contribution is 7.12. The number of benzene rings is 2. The Hall–Kier alpha value is -3.45. The van der Waals surface area contributed by atoms with Crippen molar-refractivity contribution in [1.82, 2.24) is 10.1 Å². The van der Waals surface area contributed by atoms with Crippen LogP contribution in [0.15, 0.2) is 70.6 Å². The van der Waals surface area contributed by atoms with Crippen LogP contribution >= 0.6 is 11.3 Å². The van der Waals surface area contributed by atoms with E-state index in [4.69, 9.17) is 9.26 Å². The Labute approximate surface area is 159 Å². The number of nitrogens with zero attached hydrogens (tertiary/aromatic N) is 2. The molecule has 0 fully saturated rings. The average molecular weight is 377 g/mol. The van der Waals surface area contributed by atoms with Gasteiger partial charge in [-0.1, -0.05) is 23.4 Å². The van der Waals surface area contributed by atoms with Crippen molar-refractivity contribution in [2.45, 2.75) is 0 Å². The number of hydrogen-bond acceptors (Lipinski definition) is 6. The number of thiophene rings is 1. The lowest BCUT2D eigenvalue weighted by Gasteiger charge is -2.04. The Bertz CT molecular complexity index is 1060. The molecule has 0 aliphatic carbocycles. The quantitative estimate of drug-likeness (QED) is 0.544. The fourth-order valence-corrected chi connectivity index (χ4v) is 3.19. The Morgan fingerprint density at radius 1 is 1.07 bits per heavy atom. The molecule has 2 aromatic carbocycles. The van der Waals surface area contributed by atoms with Gasteiger partial charge in [0.25, 0.3) is 11.8 Å². The molecule has 1 amide bonds. The molecule has 2 aromatic heterocycles. The molecule has 0 aliphatic heterocycles. The van der Waals surface area contributed by atoms with Crippen molar-refractivity contribution in [3.63, 3.8) is 0 Å². The molecular weight excluding hydrogens is 362 g/mol. The second kappa shape index (κ2) is 7.43. The summed E-state index contributed by atoms with van der Waals surface area (Å²) in [5.41, 5.74) is 2.22. The average Bonchev–Trinajstić information content (AvgIpc) is 3.41. The molecule has 134 valence electrons. The molecule has 0 atom stereocenters. The van der Waals surface area contributed by atoms with Crippen LogP contribution in [-0.2, 0) is 0 Å². The van der Waals surface area contributed by atoms with Gasteiger partial charge in [-0.25, -0.2) is 0 Å². The van der Waals surface area contributed by atoms with E-state index in [-0.39, 0.29) is 5.91 Å². The number of ether oxygens (including phenoxy) is 1. The van der Waals surface area contributed by atoms with Crippen molar-refractivity contribution in [1.29, 1.82) is 0 Å². The van der Waals surface area contributed by atoms with E-state index in [1.165, 1.54) is 11.3 Å². The van der Waals surface area contributed by atoms with Crippen LogP contribution in [-0.4, -0.2) is 23.2 Å². The Kier molecular flexibility index (Phi) is 4.67. The van der Waals surface area contributed by atoms with Crippen LogP contribution in [0.25, 0.3) is 22.8 Å². The lowest BCUT2D eigenvalue weighted by molar-refractivity contribution is 0.103. The van der Waals surface area contributed by atoms with Gasteiger partial charge in [0.15, 0.2) is 0 Å². The largest absolute Gasteiger partial charge is 0.496 e. The normalized spacial score (nSPS) is 10.6. The summed E-state index contributed by atoms with van der Waals surface area (Å²) in [4.78, 5) is 17.2. The smallest absolute Gasteiger partial charge is 0.265 e. The fraction of sp³-hybridized carbons (Fsp3) is 0.0500. The molecular formula is C20H15N3O3S. The summed E-state index contributed by atoms with van der Waals surface area (Å²) >= 11 is 1.40. The molecule has 2 heterocycles. The summed E-state index contributed by atoms with van der Waals surface area (Å²) in [5, 5.41) is 8.77. The van der Waals surface area contributed by atoms with Crippen molar-refractivity contribution < 1.29 is 14.1 Å². The maximum absolute atomic E-state index is 12.1. The SMILES string of the molecule is COc1ccccc1-c1nc(-c2ccc(NC(=O)c3cccs3)cc2)no1. The third-order valence-electron chi connectivity index (χ3n) is 3.91. The highest BCUT2D eigenvalue weighted by Gasteiger charge is 2.14. The molecule has 0 aliphatic rings. The zero-order valence-electron chi connectivity index (χ0n) is 14.4. The van der Waals surface area contributed by atoms with Gasteiger partial charge in [-0.05, 0) is 47.8 Å². The van der Waals surface area contributed by atoms with Gasteiger partial charge >= 0.3 is 0 Å². The third kappa shape index (κ3) is 3.58. The molecule has 27 heavy (non-hydrogen) atoms. The number of para-hydroxylation sites is 1. The second-order valence-corrected chi connectivity index (χ2v) is 6.58. The molecule has 0 bridgehead atoms. The summed E-state index contributed by atoms with van der Waals surface area (Å²) in [6.07, 6.45) is 0. The summed E-state index contributed by atoms with van der Waals surface area (Å²) in [5.74, 6) is 1.39. The van der Waals surface area contributed by atoms with Crippen molar-refractivity contribution in [3.05, 3.63) is 70.9 Å². The van der Waals surface area contributed by atoms with Gasteiger partial charge in [-0.15, -0.1) is 11.3 Å². The van der Waals surface area contributed by atoms with E-state index in [1.807, 2.05) is 47.8 Å². The maximum Gasteiger partial charge on any atom is 0.265 e. The number of methoxy groups -OCH3 is 1. The number of rotatable bonds is 5. The molecule has 1 N–H and O–H groups in total. The predicted octanol–water partition coefficient (Wildman–Crippen LogP) is 4.73. The van der Waals surface area contributed by atoms with Gasteiger partial charge < -0.3 is 14.6 Å². The van der Waals surface area contributed by atoms with Crippen LogP contribution in [0.3, 0.4) is 0 Å². The Morgan fingerprint density at radius 2 is 1.89 bits per heavy atom. The first-order valence-electron chi connectivity index (χ1n) is 8.17. The minimum Gasteiger partial charge on any atom is -0.496 e. The first kappa shape index (κ1) is 17.0. The first-order chi connectivity index (χ1) is 13.2. The standard InChI is InChI=1S/C20H15N3O3S/c1-25-16-6-3-2-5-15(16)20-22-18(23-26-20)13-8-10-14(11-9-13)21-19(24)17-7-4-12-27-17/h2-12H,1H3,(H,21,24). The van der Waals surface area contributed by atoms with Crippen LogP contribution in [0.1, 0.15) is 9.67 Å². The van der Waals surface area contributed by atoms with Crippen molar-refractivity contribution in [3.8, 4) is 28.6 Å². The summed E-state index contributed by atoms with van der Waals surface area (Å²) in [6.45, 7) is 0. The molecule has 4 rings (SSSR count). The van der Waals surface area contributed by atoms with E-state index >= 15 is 0 Å². The predicted molar refractivity (Wildman–Crippen MR) is 104 cm³/mol. The number of aromatic nitrogens is 2. The molecule has 7 heteroatoms. The van der Waals surface area contributed by atoms with E-state index in [9.17, 15) is 4.79 Å². The Morgan fingerprint density at radius 3 is 2.63 bits per heavy atom. The zero-order chi connectivity index (χ0) is 18.6. The van der Waals surface area contributed by atoms with Crippen molar-refractivity contribution in [2.75, 3.05) is 12.4 Å². The van der Waals surface area contributed by atoms with Crippen LogP contribution < -0.4 is 10.1 Å². The van der Waals surface area contributed by atoms with Crippen LogP contribution in [0.4, 0.5) is 5.69 Å². The van der Waals surface area contributed by atoms with Gasteiger partial charge in [-0.2, -0.15) is 4.98 Å². The zero-order valence-corrected chi connectivity index (χ0v) is 15.2. The molecule has 6 nitrogen and oxygen atoms in total. The molecule has 0 spiro atoms. The minimum absolute atomic E-state index is 0.129. The number of carbonyl (C=O) groups excluding carboxylic acids is 1. The Balaban J connectivity index is 1.53. The number of carbonyl (C=O) groups is 1. The van der Waals surface area contributed by atoms with Crippen LogP contribution in [0, 0.1) is 0 Å². The van der Waals surface area contributed by atoms with Gasteiger partial charge in [0, 0.05) is 11.3 Å². The number of nitrogens with one attached hydrogen (secondary N) is 1. The van der Waals surface area contributed by atoms with E-state index in [0.717, 1.165) is 11.1 Å². The highest BCUT2D eigenvalue weighted by atomic mass is 32.1. The van der Waals surface area contributed by atoms with E-state index < -0.39 is 0 Å². The maximum atomic E-state index is 12.1. The summed E-state index contributed by atoms with van der Waals surface area (Å²) in [7, 11) is 1.60. The van der Waals surface area contributed by atoms with Crippen molar-refractivity contribution >= 4 is 22.9 Å². The topological polar surface area (TPSA) is 77.2 Å². The molecule has 0 saturated carbocycles. The minimum atomic E-state index is -0.129.